The Hall–Kier alpha value is -5.60. The molecule has 0 bridgehead atoms. The summed E-state index contributed by atoms with van der Waals surface area (Å²) in [5, 5.41) is 9.86. The molecule has 0 fully saturated rings. The molecule has 0 N–H and O–H groups in total. The van der Waals surface area contributed by atoms with E-state index in [0.717, 1.165) is 44.3 Å². The van der Waals surface area contributed by atoms with Crippen LogP contribution in [-0.2, 0) is 0 Å². The van der Waals surface area contributed by atoms with E-state index in [-0.39, 0.29) is 0 Å². The SMILES string of the molecule is Cc1ccc2cc(C=Cc3cc4c5ccccc5c(C=Cc5ccc6nc(C)ccc6c5)cc4c4ccccc34)ccc2n1. The molecule has 0 amide bonds. The number of aryl methyl sites for hydroxylation is 2. The summed E-state index contributed by atoms with van der Waals surface area (Å²) in [5.41, 5.74) is 8.89. The number of hydrogen-bond donors (Lipinski definition) is 0. The highest BCUT2D eigenvalue weighted by molar-refractivity contribution is 6.21. The molecule has 6 aromatic carbocycles. The van der Waals surface area contributed by atoms with Gasteiger partial charge in [0.1, 0.15) is 0 Å². The summed E-state index contributed by atoms with van der Waals surface area (Å²) in [6.45, 7) is 4.06. The van der Waals surface area contributed by atoms with Crippen molar-refractivity contribution in [1.29, 1.82) is 0 Å². The van der Waals surface area contributed by atoms with Gasteiger partial charge in [-0.2, -0.15) is 0 Å². The number of aromatic nitrogens is 2. The minimum Gasteiger partial charge on any atom is -0.253 e. The molecule has 44 heavy (non-hydrogen) atoms. The van der Waals surface area contributed by atoms with Crippen LogP contribution in [0.15, 0.2) is 121 Å². The van der Waals surface area contributed by atoms with E-state index in [2.05, 4.69) is 156 Å². The monoisotopic (exact) mass is 562 g/mol. The Morgan fingerprint density at radius 1 is 0.386 bits per heavy atom. The molecule has 0 radical (unpaired) electrons. The number of nitrogens with zero attached hydrogens (tertiary/aromatic N) is 2. The second kappa shape index (κ2) is 10.6. The number of rotatable bonds is 4. The van der Waals surface area contributed by atoms with Crippen LogP contribution in [0.5, 0.6) is 0 Å². The Balaban J connectivity index is 1.26. The van der Waals surface area contributed by atoms with Gasteiger partial charge in [-0.3, -0.25) is 9.97 Å². The third kappa shape index (κ3) is 4.71. The molecule has 0 aliphatic carbocycles. The van der Waals surface area contributed by atoms with Gasteiger partial charge in [-0.15, -0.1) is 0 Å². The Morgan fingerprint density at radius 2 is 0.818 bits per heavy atom. The van der Waals surface area contributed by atoms with E-state index in [4.69, 9.17) is 0 Å². The van der Waals surface area contributed by atoms with Gasteiger partial charge in [0.15, 0.2) is 0 Å². The second-order valence-corrected chi connectivity index (χ2v) is 11.6. The lowest BCUT2D eigenvalue weighted by atomic mass is 9.90. The van der Waals surface area contributed by atoms with Crippen LogP contribution in [0.2, 0.25) is 0 Å². The molecule has 0 aliphatic heterocycles. The van der Waals surface area contributed by atoms with Gasteiger partial charge in [0.25, 0.3) is 0 Å². The number of fused-ring (bicyclic) bond motifs is 7. The van der Waals surface area contributed by atoms with Crippen LogP contribution >= 0.6 is 0 Å². The molecule has 2 nitrogen and oxygen atoms in total. The van der Waals surface area contributed by atoms with Gasteiger partial charge in [-0.05, 0) is 117 Å². The first-order valence-corrected chi connectivity index (χ1v) is 15.1. The molecule has 0 saturated carbocycles. The van der Waals surface area contributed by atoms with Crippen LogP contribution in [0.4, 0.5) is 0 Å². The fourth-order valence-electron chi connectivity index (χ4n) is 6.35. The molecule has 2 heteroatoms. The molecule has 0 saturated heterocycles. The lowest BCUT2D eigenvalue weighted by molar-refractivity contribution is 1.25. The normalized spacial score (nSPS) is 12.1. The quantitative estimate of drug-likeness (QED) is 0.157. The molecule has 208 valence electrons. The molecule has 0 aliphatic rings. The molecular formula is C42H30N2. The van der Waals surface area contributed by atoms with E-state index in [1.165, 1.54) is 43.4 Å². The molecule has 0 unspecified atom stereocenters. The zero-order chi connectivity index (χ0) is 29.6. The van der Waals surface area contributed by atoms with E-state index in [1.807, 2.05) is 13.8 Å². The van der Waals surface area contributed by atoms with Crippen LogP contribution in [0.1, 0.15) is 33.6 Å². The fourth-order valence-corrected chi connectivity index (χ4v) is 6.35. The Morgan fingerprint density at radius 3 is 1.27 bits per heavy atom. The standard InChI is InChI=1S/C42H30N2/c1-27-11-17-33-23-29(15-21-41(33)43-27)13-19-31-25-39-38-10-6-4-8-36(38)32(26-40(39)37-9-5-3-7-35(31)37)20-14-30-16-22-42-34(24-30)18-12-28(2)44-42/h3-26H,1-2H3. The summed E-state index contributed by atoms with van der Waals surface area (Å²) in [6, 6.07) is 43.6. The fraction of sp³-hybridized carbons (Fsp3) is 0.0476. The van der Waals surface area contributed by atoms with Gasteiger partial charge in [0.05, 0.1) is 11.0 Å². The Kier molecular flexibility index (Phi) is 6.27. The van der Waals surface area contributed by atoms with Crippen molar-refractivity contribution in [2.24, 2.45) is 0 Å². The smallest absolute Gasteiger partial charge is 0.0705 e. The summed E-state index contributed by atoms with van der Waals surface area (Å²) in [5.74, 6) is 0. The van der Waals surface area contributed by atoms with Gasteiger partial charge >= 0.3 is 0 Å². The maximum absolute atomic E-state index is 4.66. The van der Waals surface area contributed by atoms with Crippen LogP contribution < -0.4 is 0 Å². The van der Waals surface area contributed by atoms with E-state index in [1.54, 1.807) is 0 Å². The highest BCUT2D eigenvalue weighted by Crippen LogP contribution is 2.37. The third-order valence-corrected chi connectivity index (χ3v) is 8.56. The summed E-state index contributed by atoms with van der Waals surface area (Å²) in [4.78, 5) is 9.32. The first-order valence-electron chi connectivity index (χ1n) is 15.1. The van der Waals surface area contributed by atoms with E-state index in [0.29, 0.717) is 0 Å². The predicted molar refractivity (Wildman–Crippen MR) is 190 cm³/mol. The zero-order valence-electron chi connectivity index (χ0n) is 24.8. The summed E-state index contributed by atoms with van der Waals surface area (Å²) in [7, 11) is 0. The number of pyridine rings is 2. The van der Waals surface area contributed by atoms with Gasteiger partial charge < -0.3 is 0 Å². The highest BCUT2D eigenvalue weighted by Gasteiger charge is 2.11. The molecule has 2 heterocycles. The zero-order valence-corrected chi connectivity index (χ0v) is 24.8. The minimum atomic E-state index is 1.03. The molecule has 0 atom stereocenters. The van der Waals surface area contributed by atoms with Crippen LogP contribution in [0, 0.1) is 13.8 Å². The van der Waals surface area contributed by atoms with Gasteiger partial charge in [0.2, 0.25) is 0 Å². The minimum absolute atomic E-state index is 1.03. The van der Waals surface area contributed by atoms with Crippen molar-refractivity contribution >= 4 is 78.4 Å². The molecule has 8 aromatic rings. The average Bonchev–Trinajstić information content (AvgIpc) is 3.06. The topological polar surface area (TPSA) is 25.8 Å². The van der Waals surface area contributed by atoms with Crippen molar-refractivity contribution < 1.29 is 0 Å². The molecule has 2 aromatic heterocycles. The molecule has 8 rings (SSSR count). The van der Waals surface area contributed by atoms with E-state index < -0.39 is 0 Å². The lowest BCUT2D eigenvalue weighted by Crippen LogP contribution is -1.88. The van der Waals surface area contributed by atoms with Crippen molar-refractivity contribution in [3.63, 3.8) is 0 Å². The van der Waals surface area contributed by atoms with Gasteiger partial charge in [-0.25, -0.2) is 0 Å². The second-order valence-electron chi connectivity index (χ2n) is 11.6. The van der Waals surface area contributed by atoms with Crippen molar-refractivity contribution in [1.82, 2.24) is 9.97 Å². The van der Waals surface area contributed by atoms with Crippen molar-refractivity contribution in [3.05, 3.63) is 155 Å². The Bertz CT molecular complexity index is 2290. The van der Waals surface area contributed by atoms with Crippen molar-refractivity contribution in [2.75, 3.05) is 0 Å². The highest BCUT2D eigenvalue weighted by atomic mass is 14.7. The number of benzene rings is 6. The summed E-state index contributed by atoms with van der Waals surface area (Å²) in [6.07, 6.45) is 8.94. The predicted octanol–water partition coefficient (Wildman–Crippen LogP) is 11.2. The first kappa shape index (κ1) is 26.1. The summed E-state index contributed by atoms with van der Waals surface area (Å²) < 4.78 is 0. The van der Waals surface area contributed by atoms with Gasteiger partial charge in [-0.1, -0.05) is 97.1 Å². The average molecular weight is 563 g/mol. The largest absolute Gasteiger partial charge is 0.253 e. The van der Waals surface area contributed by atoms with Crippen LogP contribution in [0.25, 0.3) is 78.4 Å². The van der Waals surface area contributed by atoms with Crippen LogP contribution in [-0.4, -0.2) is 9.97 Å². The van der Waals surface area contributed by atoms with Gasteiger partial charge in [0, 0.05) is 22.2 Å². The Labute approximate surface area is 256 Å². The van der Waals surface area contributed by atoms with Crippen molar-refractivity contribution in [3.8, 4) is 0 Å². The number of hydrogen-bond acceptors (Lipinski definition) is 2. The molecule has 0 spiro atoms. The maximum atomic E-state index is 4.66. The van der Waals surface area contributed by atoms with E-state index in [9.17, 15) is 0 Å². The molecular weight excluding hydrogens is 532 g/mol. The van der Waals surface area contributed by atoms with E-state index >= 15 is 0 Å². The maximum Gasteiger partial charge on any atom is 0.0705 e. The first-order chi connectivity index (χ1) is 21.6. The van der Waals surface area contributed by atoms with Crippen LogP contribution in [0.3, 0.4) is 0 Å². The van der Waals surface area contributed by atoms with Crippen molar-refractivity contribution in [2.45, 2.75) is 13.8 Å². The third-order valence-electron chi connectivity index (χ3n) is 8.56. The lowest BCUT2D eigenvalue weighted by Gasteiger charge is -2.13. The summed E-state index contributed by atoms with van der Waals surface area (Å²) >= 11 is 0.